The minimum absolute atomic E-state index is 0.169. The van der Waals surface area contributed by atoms with Gasteiger partial charge in [-0.05, 0) is 188 Å². The highest BCUT2D eigenvalue weighted by atomic mass is 15.2. The summed E-state index contributed by atoms with van der Waals surface area (Å²) >= 11 is 0. The molecule has 96 heavy (non-hydrogen) atoms. The minimum Gasteiger partial charge on any atom is -0.310 e. The number of benzene rings is 13. The number of rotatable bonds is 10. The number of nitrogens with zero attached hydrogens (tertiary/aromatic N) is 4. The molecule has 0 N–H and O–H groups in total. The zero-order valence-corrected chi connectivity index (χ0v) is 55.8. The van der Waals surface area contributed by atoms with Crippen molar-refractivity contribution in [3.05, 3.63) is 306 Å². The normalized spacial score (nSPS) is 13.0. The van der Waals surface area contributed by atoms with Gasteiger partial charge in [-0.2, -0.15) is 0 Å². The standard InChI is InChI=1S/C91H73BN4/c1-9-57-38-45-79-74(48-57)75-49-58(10-2)39-46-80(75)93(79)66-41-43-76-84(55-66)95(88-70(59-26-15-11-16-27-59)51-64(90(3,4)5)52-71(88)60-28-17-12-18-29-60)82-36-25-37-83-87(82)92(76)77-44-42-67(94-78-35-24-23-34-68(78)86-69-50-63(69)40-47-81(86)94)56-85(77)96(83)89-72(61-30-19-13-20-31-61)53-65(91(6,7)8)54-73(89)62-32-21-14-22-33-62/h11-49,51-56H,9-10H2,1-8H3. The Hall–Kier alpha value is -11.1. The lowest BCUT2D eigenvalue weighted by molar-refractivity contribution is 0.590. The summed E-state index contributed by atoms with van der Waals surface area (Å²) in [6.45, 7) is 18.4. The number of hydrogen-bond donors (Lipinski definition) is 0. The van der Waals surface area contributed by atoms with E-state index in [0.717, 1.165) is 69.5 Å². The number of fused-ring (bicyclic) bond motifs is 12. The van der Waals surface area contributed by atoms with E-state index in [-0.39, 0.29) is 17.5 Å². The first-order valence-corrected chi connectivity index (χ1v) is 34.3. The van der Waals surface area contributed by atoms with E-state index in [0.29, 0.717) is 0 Å². The fourth-order valence-corrected chi connectivity index (χ4v) is 16.0. The number of anilines is 6. The first kappa shape index (κ1) is 57.6. The van der Waals surface area contributed by atoms with Gasteiger partial charge in [0.25, 0.3) is 6.71 Å². The second-order valence-corrected chi connectivity index (χ2v) is 28.7. The number of aromatic nitrogens is 2. The highest BCUT2D eigenvalue weighted by Gasteiger charge is 2.46. The second kappa shape index (κ2) is 21.7. The van der Waals surface area contributed by atoms with Crippen molar-refractivity contribution in [3.63, 3.8) is 0 Å². The van der Waals surface area contributed by atoms with Crippen molar-refractivity contribution in [1.29, 1.82) is 0 Å². The molecule has 4 heterocycles. The number of para-hydroxylation sites is 1. The molecule has 0 spiro atoms. The zero-order valence-electron chi connectivity index (χ0n) is 55.8. The van der Waals surface area contributed by atoms with Gasteiger partial charge in [-0.3, -0.25) is 0 Å². The van der Waals surface area contributed by atoms with E-state index in [4.69, 9.17) is 0 Å². The Labute approximate surface area is 562 Å². The van der Waals surface area contributed by atoms with Crippen molar-refractivity contribution in [2.75, 3.05) is 9.80 Å². The predicted molar refractivity (Wildman–Crippen MR) is 409 cm³/mol. The van der Waals surface area contributed by atoms with Crippen LogP contribution in [0, 0.1) is 0 Å². The summed E-state index contributed by atoms with van der Waals surface area (Å²) in [5.41, 5.74) is 35.5. The Morgan fingerprint density at radius 2 is 0.740 bits per heavy atom. The fraction of sp³-hybridized carbons (Fsp3) is 0.132. The van der Waals surface area contributed by atoms with Crippen LogP contribution in [0.25, 0.3) is 105 Å². The Bertz CT molecular complexity index is 5680. The number of hydrogen-bond acceptors (Lipinski definition) is 2. The molecule has 3 aliphatic rings. The lowest BCUT2D eigenvalue weighted by Gasteiger charge is -2.46. The molecule has 0 amide bonds. The van der Waals surface area contributed by atoms with Crippen LogP contribution < -0.4 is 36.6 Å². The third-order valence-corrected chi connectivity index (χ3v) is 21.0. The van der Waals surface area contributed by atoms with Crippen molar-refractivity contribution < 1.29 is 0 Å². The maximum absolute atomic E-state index is 3.63. The maximum atomic E-state index is 3.63. The van der Waals surface area contributed by atoms with E-state index >= 15 is 0 Å². The molecule has 15 aromatic rings. The van der Waals surface area contributed by atoms with Crippen molar-refractivity contribution in [2.45, 2.75) is 79.1 Å². The van der Waals surface area contributed by atoms with Crippen molar-refractivity contribution in [1.82, 2.24) is 9.13 Å². The summed E-state index contributed by atoms with van der Waals surface area (Å²) in [4.78, 5) is 5.38. The van der Waals surface area contributed by atoms with Crippen molar-refractivity contribution in [2.24, 2.45) is 0 Å². The Balaban J connectivity index is 1.00. The molecule has 18 rings (SSSR count). The zero-order chi connectivity index (χ0) is 64.9. The summed E-state index contributed by atoms with van der Waals surface area (Å²) in [5, 5.41) is 7.51. The summed E-state index contributed by atoms with van der Waals surface area (Å²) in [6.07, 6.45) is 1.94. The molecule has 460 valence electrons. The molecular formula is C91H73BN4. The van der Waals surface area contributed by atoms with Gasteiger partial charge in [0.2, 0.25) is 0 Å². The lowest BCUT2D eigenvalue weighted by Crippen LogP contribution is -2.61. The van der Waals surface area contributed by atoms with Crippen LogP contribution in [0.3, 0.4) is 0 Å². The Morgan fingerprint density at radius 1 is 0.344 bits per heavy atom. The smallest absolute Gasteiger partial charge is 0.252 e. The monoisotopic (exact) mass is 1230 g/mol. The molecule has 0 atom stereocenters. The maximum Gasteiger partial charge on any atom is 0.252 e. The van der Waals surface area contributed by atoms with Crippen LogP contribution in [-0.2, 0) is 23.7 Å². The van der Waals surface area contributed by atoms with E-state index < -0.39 is 0 Å². The molecule has 1 aliphatic carbocycles. The average Bonchev–Trinajstić information content (AvgIpc) is 0.956. The summed E-state index contributed by atoms with van der Waals surface area (Å²) < 4.78 is 5.05. The van der Waals surface area contributed by atoms with Gasteiger partial charge in [-0.15, -0.1) is 5.73 Å². The van der Waals surface area contributed by atoms with Gasteiger partial charge >= 0.3 is 0 Å². The minimum atomic E-state index is -0.198. The molecule has 0 unspecified atom stereocenters. The van der Waals surface area contributed by atoms with Gasteiger partial charge in [0.15, 0.2) is 0 Å². The van der Waals surface area contributed by atoms with E-state index in [9.17, 15) is 0 Å². The Kier molecular flexibility index (Phi) is 13.0. The Morgan fingerprint density at radius 3 is 1.17 bits per heavy atom. The summed E-state index contributed by atoms with van der Waals surface area (Å²) in [6, 6.07) is 105. The van der Waals surface area contributed by atoms with Crippen LogP contribution in [0.4, 0.5) is 34.1 Å². The molecule has 0 radical (unpaired) electrons. The van der Waals surface area contributed by atoms with Crippen LogP contribution in [0.15, 0.2) is 273 Å². The SMILES string of the molecule is CCc1ccc2c(c1)c1cc(CC)ccc1n2-c1ccc2c(c1)N(c1c(-c3ccccc3)cc(C(C)(C)C)cc1-c1ccccc1)c1cccc3c1B2c1ccc(-n2c4ccccc4c4c5c(ccc42)=C=5)cc1N3c1c(-c2ccccc2)cc(C(C)(C)C)cc1-c1ccccc1. The average molecular weight is 1230 g/mol. The molecule has 0 saturated heterocycles. The molecule has 0 fully saturated rings. The van der Waals surface area contributed by atoms with Crippen molar-refractivity contribution in [3.8, 4) is 55.9 Å². The lowest BCUT2D eigenvalue weighted by atomic mass is 9.33. The molecule has 0 saturated carbocycles. The van der Waals surface area contributed by atoms with Crippen molar-refractivity contribution >= 4 is 107 Å². The molecule has 4 nitrogen and oxygen atoms in total. The van der Waals surface area contributed by atoms with Crippen LogP contribution in [0.5, 0.6) is 0 Å². The van der Waals surface area contributed by atoms with E-state index in [2.05, 4.69) is 353 Å². The molecule has 13 aromatic carbocycles. The van der Waals surface area contributed by atoms with Crippen LogP contribution >= 0.6 is 0 Å². The molecule has 0 bridgehead atoms. The fourth-order valence-electron chi connectivity index (χ4n) is 16.0. The van der Waals surface area contributed by atoms with Crippen LogP contribution in [0.2, 0.25) is 0 Å². The first-order valence-electron chi connectivity index (χ1n) is 34.3. The topological polar surface area (TPSA) is 16.3 Å². The van der Waals surface area contributed by atoms with Gasteiger partial charge in [-0.25, -0.2) is 0 Å². The van der Waals surface area contributed by atoms with Crippen LogP contribution in [0.1, 0.15) is 77.6 Å². The first-order chi connectivity index (χ1) is 46.8. The van der Waals surface area contributed by atoms with Crippen LogP contribution in [-0.4, -0.2) is 15.8 Å². The van der Waals surface area contributed by atoms with E-state index in [1.165, 1.54) is 126 Å². The molecule has 2 aliphatic heterocycles. The highest BCUT2D eigenvalue weighted by Crippen LogP contribution is 2.55. The molecular weight excluding hydrogens is 1160 g/mol. The van der Waals surface area contributed by atoms with Gasteiger partial charge in [0, 0.05) is 88.4 Å². The van der Waals surface area contributed by atoms with E-state index in [1.54, 1.807) is 0 Å². The quantitative estimate of drug-likeness (QED) is 0.127. The third kappa shape index (κ3) is 8.98. The summed E-state index contributed by atoms with van der Waals surface area (Å²) in [7, 11) is 0. The summed E-state index contributed by atoms with van der Waals surface area (Å²) in [5.74, 6) is 0. The molecule has 2 aromatic heterocycles. The largest absolute Gasteiger partial charge is 0.310 e. The van der Waals surface area contributed by atoms with Gasteiger partial charge in [-0.1, -0.05) is 225 Å². The third-order valence-electron chi connectivity index (χ3n) is 21.0. The van der Waals surface area contributed by atoms with Gasteiger partial charge < -0.3 is 18.9 Å². The highest BCUT2D eigenvalue weighted by molar-refractivity contribution is 7.00. The van der Waals surface area contributed by atoms with Gasteiger partial charge in [0.05, 0.1) is 33.4 Å². The van der Waals surface area contributed by atoms with E-state index in [1.807, 2.05) is 0 Å². The molecule has 5 heteroatoms. The second-order valence-electron chi connectivity index (χ2n) is 28.7. The predicted octanol–water partition coefficient (Wildman–Crippen LogP) is 20.4. The number of aryl methyl sites for hydroxylation is 2. The van der Waals surface area contributed by atoms with Gasteiger partial charge in [0.1, 0.15) is 0 Å².